The number of carboxylic acids is 1. The molecule has 10 heteroatoms. The fraction of sp³-hybridized carbons (Fsp3) is 0.296. The molecule has 0 bridgehead atoms. The van der Waals surface area contributed by atoms with E-state index in [9.17, 15) is 18.4 Å². The van der Waals surface area contributed by atoms with Crippen molar-refractivity contribution in [2.45, 2.75) is 33.1 Å². The summed E-state index contributed by atoms with van der Waals surface area (Å²) in [6, 6.07) is 7.41. The van der Waals surface area contributed by atoms with Crippen molar-refractivity contribution in [2.75, 3.05) is 25.6 Å². The summed E-state index contributed by atoms with van der Waals surface area (Å²) < 4.78 is 40.2. The molecule has 0 atom stereocenters. The molecule has 0 saturated heterocycles. The van der Waals surface area contributed by atoms with Crippen LogP contribution in [0.1, 0.15) is 48.2 Å². The Balaban J connectivity index is 1.76. The van der Waals surface area contributed by atoms with Gasteiger partial charge >= 0.3 is 5.97 Å². The smallest absolute Gasteiger partial charge is 0.331 e. The van der Waals surface area contributed by atoms with Crippen LogP contribution in [0, 0.1) is 11.6 Å². The average molecular weight is 531 g/mol. The van der Waals surface area contributed by atoms with E-state index in [1.165, 1.54) is 6.92 Å². The quantitative estimate of drug-likeness (QED) is 0.214. The molecule has 37 heavy (non-hydrogen) atoms. The maximum absolute atomic E-state index is 14.4. The fourth-order valence-corrected chi connectivity index (χ4v) is 4.22. The lowest BCUT2D eigenvalue weighted by Gasteiger charge is -2.12. The first-order valence-corrected chi connectivity index (χ1v) is 12.5. The Bertz CT molecular complexity index is 1280. The summed E-state index contributed by atoms with van der Waals surface area (Å²) >= 11 is 1.16. The second-order valence-electron chi connectivity index (χ2n) is 8.19. The van der Waals surface area contributed by atoms with Crippen LogP contribution in [0.5, 0.6) is 5.75 Å². The van der Waals surface area contributed by atoms with Crippen molar-refractivity contribution in [2.24, 2.45) is 0 Å². The van der Waals surface area contributed by atoms with E-state index >= 15 is 0 Å². The van der Waals surface area contributed by atoms with Crippen molar-refractivity contribution < 1.29 is 33.0 Å². The van der Waals surface area contributed by atoms with Gasteiger partial charge in [0.05, 0.1) is 19.4 Å². The highest BCUT2D eigenvalue weighted by Gasteiger charge is 2.18. The molecule has 0 radical (unpaired) electrons. The van der Waals surface area contributed by atoms with E-state index in [4.69, 9.17) is 14.6 Å². The number of aliphatic carboxylic acids is 1. The number of hydrogen-bond acceptors (Lipinski definition) is 6. The normalized spacial score (nSPS) is 11.4. The van der Waals surface area contributed by atoms with Gasteiger partial charge in [-0.05, 0) is 49.6 Å². The highest BCUT2D eigenvalue weighted by Crippen LogP contribution is 2.35. The molecule has 1 aromatic heterocycles. The summed E-state index contributed by atoms with van der Waals surface area (Å²) in [5, 5.41) is 13.5. The maximum Gasteiger partial charge on any atom is 0.331 e. The topological polar surface area (TPSA) is 97.8 Å². The number of anilines is 1. The molecule has 3 aromatic rings. The summed E-state index contributed by atoms with van der Waals surface area (Å²) in [6.07, 6.45) is 3.62. The minimum Gasteiger partial charge on any atom is -0.496 e. The van der Waals surface area contributed by atoms with Gasteiger partial charge in [0, 0.05) is 34.3 Å². The average Bonchev–Trinajstić information content (AvgIpc) is 3.33. The summed E-state index contributed by atoms with van der Waals surface area (Å²) in [7, 11) is 1.58. The maximum atomic E-state index is 14.4. The minimum absolute atomic E-state index is 0.238. The number of methoxy groups -OCH3 is 1. The summed E-state index contributed by atoms with van der Waals surface area (Å²) in [4.78, 5) is 28.1. The highest BCUT2D eigenvalue weighted by molar-refractivity contribution is 7.14. The van der Waals surface area contributed by atoms with Gasteiger partial charge in [0.25, 0.3) is 5.91 Å². The molecule has 7 nitrogen and oxygen atoms in total. The molecule has 2 N–H and O–H groups in total. The summed E-state index contributed by atoms with van der Waals surface area (Å²) in [6.45, 7) is 4.60. The monoisotopic (exact) mass is 530 g/mol. The van der Waals surface area contributed by atoms with Crippen LogP contribution in [-0.2, 0) is 16.0 Å². The highest BCUT2D eigenvalue weighted by atomic mass is 32.1. The second-order valence-corrected chi connectivity index (χ2v) is 9.05. The molecule has 196 valence electrons. The van der Waals surface area contributed by atoms with E-state index < -0.39 is 29.1 Å². The Labute approximate surface area is 217 Å². The van der Waals surface area contributed by atoms with Crippen LogP contribution in [-0.4, -0.2) is 42.3 Å². The lowest BCUT2D eigenvalue weighted by molar-refractivity contribution is -0.132. The predicted octanol–water partition coefficient (Wildman–Crippen LogP) is 6.20. The number of para-hydroxylation sites is 1. The van der Waals surface area contributed by atoms with Gasteiger partial charge in [-0.15, -0.1) is 11.3 Å². The molecule has 2 aromatic carbocycles. The molecule has 0 saturated carbocycles. The number of hydrogen-bond donors (Lipinski definition) is 2. The van der Waals surface area contributed by atoms with E-state index in [1.807, 2.05) is 18.2 Å². The molecular weight excluding hydrogens is 502 g/mol. The number of nitrogens with one attached hydrogen (secondary N) is 1. The van der Waals surface area contributed by atoms with Crippen molar-refractivity contribution >= 4 is 34.4 Å². The standard InChI is InChI=1S/C27H28F2N2O5S/c1-4-5-10-36-11-9-17-7-6-8-19(24(17)35-3)23-15-37-27(30-23)31-25(32)18-13-21(28)20(22(29)14-18)12-16(2)26(33)34/h6-8,12-15H,4-5,9-11H2,1-3H3,(H,33,34)(H,30,31,32)/b16-12+. The summed E-state index contributed by atoms with van der Waals surface area (Å²) in [5.74, 6) is -3.50. The lowest BCUT2D eigenvalue weighted by Crippen LogP contribution is -2.13. The SMILES string of the molecule is CCCCOCCc1cccc(-c2csc(NC(=O)c3cc(F)c(/C=C(\C)C(=O)O)c(F)c3)n2)c1OC. The van der Waals surface area contributed by atoms with Gasteiger partial charge in [-0.25, -0.2) is 18.6 Å². The Kier molecular flexibility index (Phi) is 9.87. The number of unbranched alkanes of at least 4 members (excludes halogenated alkanes) is 1. The van der Waals surface area contributed by atoms with Gasteiger partial charge < -0.3 is 14.6 Å². The van der Waals surface area contributed by atoms with Crippen LogP contribution in [0.3, 0.4) is 0 Å². The molecule has 3 rings (SSSR count). The van der Waals surface area contributed by atoms with Crippen molar-refractivity contribution in [1.82, 2.24) is 4.98 Å². The third kappa shape index (κ3) is 7.21. The number of carboxylic acid groups (broad SMARTS) is 1. The van der Waals surface area contributed by atoms with Gasteiger partial charge in [0.1, 0.15) is 17.4 Å². The fourth-order valence-electron chi connectivity index (χ4n) is 3.51. The zero-order valence-corrected chi connectivity index (χ0v) is 21.6. The minimum atomic E-state index is -1.30. The van der Waals surface area contributed by atoms with Gasteiger partial charge in [0.15, 0.2) is 5.13 Å². The Hall–Kier alpha value is -3.63. The van der Waals surface area contributed by atoms with Crippen LogP contribution in [0.4, 0.5) is 13.9 Å². The number of benzene rings is 2. The van der Waals surface area contributed by atoms with Crippen LogP contribution < -0.4 is 10.1 Å². The number of carbonyl (C=O) groups is 2. The van der Waals surface area contributed by atoms with Gasteiger partial charge in [-0.1, -0.05) is 25.5 Å². The van der Waals surface area contributed by atoms with Crippen LogP contribution in [0.2, 0.25) is 0 Å². The first-order chi connectivity index (χ1) is 17.7. The van der Waals surface area contributed by atoms with E-state index in [2.05, 4.69) is 17.2 Å². The Morgan fingerprint density at radius 3 is 2.57 bits per heavy atom. The van der Waals surface area contributed by atoms with E-state index in [0.717, 1.165) is 53.5 Å². The number of ether oxygens (including phenoxy) is 2. The zero-order valence-electron chi connectivity index (χ0n) is 20.8. The van der Waals surface area contributed by atoms with Crippen molar-refractivity contribution in [3.63, 3.8) is 0 Å². The third-order valence-electron chi connectivity index (χ3n) is 5.50. The number of halogens is 2. The van der Waals surface area contributed by atoms with Crippen LogP contribution in [0.15, 0.2) is 41.3 Å². The number of rotatable bonds is 12. The molecule has 0 aliphatic rings. The first-order valence-electron chi connectivity index (χ1n) is 11.7. The number of thiazole rings is 1. The van der Waals surface area contributed by atoms with Crippen LogP contribution >= 0.6 is 11.3 Å². The Morgan fingerprint density at radius 1 is 1.19 bits per heavy atom. The van der Waals surface area contributed by atoms with Gasteiger partial charge in [-0.2, -0.15) is 0 Å². The lowest BCUT2D eigenvalue weighted by atomic mass is 10.0. The largest absolute Gasteiger partial charge is 0.496 e. The number of aromatic nitrogens is 1. The second kappa shape index (κ2) is 13.1. The van der Waals surface area contributed by atoms with E-state index in [1.54, 1.807) is 12.5 Å². The van der Waals surface area contributed by atoms with Crippen molar-refractivity contribution in [3.8, 4) is 17.0 Å². The molecular formula is C27H28F2N2O5S. The third-order valence-corrected chi connectivity index (χ3v) is 6.26. The van der Waals surface area contributed by atoms with Crippen LogP contribution in [0.25, 0.3) is 17.3 Å². The predicted molar refractivity (Wildman–Crippen MR) is 139 cm³/mol. The molecule has 0 unspecified atom stereocenters. The number of nitrogens with zero attached hydrogens (tertiary/aromatic N) is 1. The zero-order chi connectivity index (χ0) is 26.9. The number of carbonyl (C=O) groups excluding carboxylic acids is 1. The molecule has 0 fully saturated rings. The molecule has 1 amide bonds. The number of amides is 1. The molecule has 0 aliphatic heterocycles. The molecule has 0 aliphatic carbocycles. The van der Waals surface area contributed by atoms with Crippen molar-refractivity contribution in [1.29, 1.82) is 0 Å². The Morgan fingerprint density at radius 2 is 1.92 bits per heavy atom. The van der Waals surface area contributed by atoms with E-state index in [0.29, 0.717) is 31.1 Å². The molecule has 1 heterocycles. The summed E-state index contributed by atoms with van der Waals surface area (Å²) in [5.41, 5.74) is 1.25. The first kappa shape index (κ1) is 27.9. The van der Waals surface area contributed by atoms with Gasteiger partial charge in [0.2, 0.25) is 0 Å². The van der Waals surface area contributed by atoms with Gasteiger partial charge in [-0.3, -0.25) is 10.1 Å². The molecule has 0 spiro atoms. The van der Waals surface area contributed by atoms with Crippen molar-refractivity contribution in [3.05, 3.63) is 69.6 Å². The van der Waals surface area contributed by atoms with E-state index in [-0.39, 0.29) is 16.3 Å².